The molecule has 5 heteroatoms. The van der Waals surface area contributed by atoms with Crippen molar-refractivity contribution in [3.63, 3.8) is 0 Å². The van der Waals surface area contributed by atoms with Crippen molar-refractivity contribution in [2.24, 2.45) is 5.92 Å². The number of benzene rings is 3. The van der Waals surface area contributed by atoms with Crippen molar-refractivity contribution in [2.75, 3.05) is 0 Å². The molecule has 0 atom stereocenters. The van der Waals surface area contributed by atoms with E-state index in [0.717, 1.165) is 12.0 Å². The molecule has 0 amide bonds. The Hall–Kier alpha value is -2.71. The summed E-state index contributed by atoms with van der Waals surface area (Å²) in [5, 5.41) is 0. The van der Waals surface area contributed by atoms with Crippen molar-refractivity contribution < 1.29 is 18.1 Å². The van der Waals surface area contributed by atoms with Crippen molar-refractivity contribution in [1.82, 2.24) is 0 Å². The Morgan fingerprint density at radius 2 is 1.19 bits per heavy atom. The van der Waals surface area contributed by atoms with E-state index < -0.39 is 7.82 Å². The van der Waals surface area contributed by atoms with E-state index in [9.17, 15) is 4.57 Å². The monoisotopic (exact) mass is 382 g/mol. The highest BCUT2D eigenvalue weighted by atomic mass is 31.2. The molecule has 0 spiro atoms. The molecule has 0 unspecified atom stereocenters. The van der Waals surface area contributed by atoms with E-state index in [4.69, 9.17) is 13.6 Å². The summed E-state index contributed by atoms with van der Waals surface area (Å²) in [6.45, 7) is 4.24. The Balaban J connectivity index is 1.91. The van der Waals surface area contributed by atoms with Gasteiger partial charge in [-0.15, -0.1) is 0 Å². The molecule has 0 aliphatic carbocycles. The van der Waals surface area contributed by atoms with Crippen molar-refractivity contribution >= 4 is 7.82 Å². The third-order valence-electron chi connectivity index (χ3n) is 3.73. The normalized spacial score (nSPS) is 11.2. The Labute approximate surface area is 160 Å². The van der Waals surface area contributed by atoms with Gasteiger partial charge in [0.2, 0.25) is 0 Å². The van der Waals surface area contributed by atoms with Crippen LogP contribution in [0.1, 0.15) is 19.4 Å². The zero-order chi connectivity index (χ0) is 19.1. The van der Waals surface area contributed by atoms with Gasteiger partial charge in [-0.05, 0) is 48.2 Å². The van der Waals surface area contributed by atoms with Gasteiger partial charge in [0.05, 0.1) is 0 Å². The van der Waals surface area contributed by atoms with Crippen LogP contribution >= 0.6 is 7.82 Å². The summed E-state index contributed by atoms with van der Waals surface area (Å²) >= 11 is 0. The van der Waals surface area contributed by atoms with E-state index in [1.54, 1.807) is 54.6 Å². The average Bonchev–Trinajstić information content (AvgIpc) is 2.64. The smallest absolute Gasteiger partial charge is 0.386 e. The molecule has 27 heavy (non-hydrogen) atoms. The van der Waals surface area contributed by atoms with Crippen molar-refractivity contribution in [1.29, 1.82) is 0 Å². The summed E-state index contributed by atoms with van der Waals surface area (Å²) in [7, 11) is -3.96. The summed E-state index contributed by atoms with van der Waals surface area (Å²) in [6.07, 6.45) is 0.798. The van der Waals surface area contributed by atoms with Crippen LogP contribution in [0.15, 0.2) is 84.9 Å². The zero-order valence-electron chi connectivity index (χ0n) is 15.4. The Kier molecular flexibility index (Phi) is 6.20. The molecule has 140 valence electrons. The minimum Gasteiger partial charge on any atom is -0.386 e. The van der Waals surface area contributed by atoms with Gasteiger partial charge in [-0.2, -0.15) is 4.57 Å². The molecule has 3 aromatic rings. The number of para-hydroxylation sites is 3. The van der Waals surface area contributed by atoms with E-state index in [0.29, 0.717) is 23.2 Å². The van der Waals surface area contributed by atoms with Gasteiger partial charge in [0.15, 0.2) is 0 Å². The highest BCUT2D eigenvalue weighted by Crippen LogP contribution is 2.50. The van der Waals surface area contributed by atoms with E-state index in [1.807, 2.05) is 30.3 Å². The maximum atomic E-state index is 13.5. The third-order valence-corrected chi connectivity index (χ3v) is 5.02. The van der Waals surface area contributed by atoms with Gasteiger partial charge in [0, 0.05) is 0 Å². The lowest BCUT2D eigenvalue weighted by molar-refractivity contribution is 0.297. The second-order valence-electron chi connectivity index (χ2n) is 6.55. The van der Waals surface area contributed by atoms with Crippen LogP contribution in [0.4, 0.5) is 0 Å². The van der Waals surface area contributed by atoms with Crippen LogP contribution in [0.2, 0.25) is 0 Å². The van der Waals surface area contributed by atoms with Gasteiger partial charge in [0.25, 0.3) is 0 Å². The minimum absolute atomic E-state index is 0.415. The number of hydrogen-bond donors (Lipinski definition) is 0. The summed E-state index contributed by atoms with van der Waals surface area (Å²) < 4.78 is 30.7. The number of hydrogen-bond acceptors (Lipinski definition) is 4. The molecule has 0 saturated heterocycles. The minimum atomic E-state index is -3.96. The topological polar surface area (TPSA) is 44.8 Å². The maximum Gasteiger partial charge on any atom is 0.647 e. The second kappa shape index (κ2) is 8.79. The van der Waals surface area contributed by atoms with Crippen LogP contribution in [-0.4, -0.2) is 0 Å². The fraction of sp³-hybridized carbons (Fsp3) is 0.182. The lowest BCUT2D eigenvalue weighted by atomic mass is 10.0. The number of phosphoric ester groups is 1. The van der Waals surface area contributed by atoms with E-state index in [1.165, 1.54) is 0 Å². The maximum absolute atomic E-state index is 13.5. The molecule has 3 rings (SSSR count). The summed E-state index contributed by atoms with van der Waals surface area (Å²) in [5.74, 6) is 1.76. The summed E-state index contributed by atoms with van der Waals surface area (Å²) in [6, 6.07) is 25.3. The lowest BCUT2D eigenvalue weighted by Gasteiger charge is -2.21. The third kappa shape index (κ3) is 5.63. The molecule has 0 fully saturated rings. The molecular weight excluding hydrogens is 359 g/mol. The van der Waals surface area contributed by atoms with E-state index >= 15 is 0 Å². The lowest BCUT2D eigenvalue weighted by Crippen LogP contribution is -2.09. The summed E-state index contributed by atoms with van der Waals surface area (Å²) in [4.78, 5) is 0. The first-order valence-electron chi connectivity index (χ1n) is 8.91. The molecule has 0 aliphatic heterocycles. The molecule has 0 saturated carbocycles. The Bertz CT molecular complexity index is 849. The number of rotatable bonds is 8. The Morgan fingerprint density at radius 1 is 0.704 bits per heavy atom. The molecule has 0 N–H and O–H groups in total. The van der Waals surface area contributed by atoms with Gasteiger partial charge in [0.1, 0.15) is 17.2 Å². The van der Waals surface area contributed by atoms with Crippen LogP contribution < -0.4 is 13.6 Å². The predicted molar refractivity (Wildman–Crippen MR) is 107 cm³/mol. The molecular formula is C22H23O4P. The van der Waals surface area contributed by atoms with E-state index in [2.05, 4.69) is 13.8 Å². The molecule has 0 heterocycles. The molecule has 0 radical (unpaired) electrons. The van der Waals surface area contributed by atoms with Crippen molar-refractivity contribution in [3.8, 4) is 17.2 Å². The zero-order valence-corrected chi connectivity index (χ0v) is 16.3. The first-order valence-corrected chi connectivity index (χ1v) is 10.4. The second-order valence-corrected chi connectivity index (χ2v) is 8.00. The first kappa shape index (κ1) is 19.1. The van der Waals surface area contributed by atoms with Crippen molar-refractivity contribution in [2.45, 2.75) is 20.3 Å². The van der Waals surface area contributed by atoms with Gasteiger partial charge < -0.3 is 13.6 Å². The van der Waals surface area contributed by atoms with E-state index in [-0.39, 0.29) is 0 Å². The van der Waals surface area contributed by atoms with Gasteiger partial charge in [-0.1, -0.05) is 68.4 Å². The van der Waals surface area contributed by atoms with Crippen molar-refractivity contribution in [3.05, 3.63) is 90.5 Å². The fourth-order valence-electron chi connectivity index (χ4n) is 2.60. The predicted octanol–water partition coefficient (Wildman–Crippen LogP) is 6.53. The fourth-order valence-corrected chi connectivity index (χ4v) is 3.89. The highest BCUT2D eigenvalue weighted by molar-refractivity contribution is 7.49. The largest absolute Gasteiger partial charge is 0.647 e. The van der Waals surface area contributed by atoms with Gasteiger partial charge >= 0.3 is 7.82 Å². The van der Waals surface area contributed by atoms with Crippen LogP contribution in [0, 0.1) is 5.92 Å². The van der Waals surface area contributed by atoms with Crippen LogP contribution in [0.25, 0.3) is 0 Å². The average molecular weight is 382 g/mol. The molecule has 3 aromatic carbocycles. The van der Waals surface area contributed by atoms with Gasteiger partial charge in [-0.25, -0.2) is 0 Å². The van der Waals surface area contributed by atoms with Crippen LogP contribution in [-0.2, 0) is 11.0 Å². The standard InChI is InChI=1S/C22H23O4P/c1-18(2)17-19-11-9-10-16-22(19)26-27(23,24-20-12-5-3-6-13-20)25-21-14-7-4-8-15-21/h3-16,18H,17H2,1-2H3. The SMILES string of the molecule is CC(C)Cc1ccccc1OP(=O)(Oc1ccccc1)Oc1ccccc1. The molecule has 0 aliphatic rings. The quantitative estimate of drug-likeness (QED) is 0.416. The highest BCUT2D eigenvalue weighted by Gasteiger charge is 2.33. The van der Waals surface area contributed by atoms with Crippen LogP contribution in [0.3, 0.4) is 0 Å². The molecule has 0 aromatic heterocycles. The molecule has 4 nitrogen and oxygen atoms in total. The van der Waals surface area contributed by atoms with Gasteiger partial charge in [-0.3, -0.25) is 0 Å². The molecule has 0 bridgehead atoms. The Morgan fingerprint density at radius 3 is 1.70 bits per heavy atom. The first-order chi connectivity index (χ1) is 13.0. The van der Waals surface area contributed by atoms with Crippen LogP contribution in [0.5, 0.6) is 17.2 Å². The summed E-state index contributed by atoms with van der Waals surface area (Å²) in [5.41, 5.74) is 0.959. The number of phosphoric acid groups is 1.